The minimum atomic E-state index is -3.75. The molecule has 34 heavy (non-hydrogen) atoms. The number of amides is 1. The fraction of sp³-hybridized carbons (Fsp3) is 0.458. The van der Waals surface area contributed by atoms with Crippen molar-refractivity contribution in [3.05, 3.63) is 54.0 Å². The summed E-state index contributed by atoms with van der Waals surface area (Å²) in [5.41, 5.74) is 0.644. The predicted molar refractivity (Wildman–Crippen MR) is 126 cm³/mol. The molecule has 1 aliphatic rings. The van der Waals surface area contributed by atoms with Gasteiger partial charge in [-0.1, -0.05) is 23.4 Å². The number of sulfone groups is 1. The highest BCUT2D eigenvalue weighted by atomic mass is 32.2. The van der Waals surface area contributed by atoms with Crippen LogP contribution in [0, 0.1) is 0 Å². The number of benzene rings is 1. The molecule has 0 aliphatic carbocycles. The zero-order valence-corrected chi connectivity index (χ0v) is 20.5. The van der Waals surface area contributed by atoms with Gasteiger partial charge in [0.25, 0.3) is 0 Å². The van der Waals surface area contributed by atoms with Gasteiger partial charge in [-0.3, -0.25) is 10.1 Å². The Morgan fingerprint density at radius 2 is 1.76 bits per heavy atom. The molecule has 3 heterocycles. The van der Waals surface area contributed by atoms with Crippen LogP contribution in [0.1, 0.15) is 52.0 Å². The molecule has 0 unspecified atom stereocenters. The molecule has 1 saturated heterocycles. The van der Waals surface area contributed by atoms with E-state index in [1.165, 1.54) is 13.8 Å². The molecule has 2 aromatic heterocycles. The van der Waals surface area contributed by atoms with Crippen molar-refractivity contribution in [2.75, 3.05) is 18.5 Å². The number of ether oxygens (including phenoxy) is 1. The SMILES string of the molecule is CC(C)(c1cc(NC(=O)C(C)(C)S(=O)(=O)C2CCOCC2)on1)c1cnc(-c2ccccc2)o1. The second-order valence-electron chi connectivity index (χ2n) is 9.42. The lowest BCUT2D eigenvalue weighted by Gasteiger charge is -2.30. The zero-order valence-electron chi connectivity index (χ0n) is 19.7. The second-order valence-corrected chi connectivity index (χ2v) is 12.2. The van der Waals surface area contributed by atoms with Gasteiger partial charge in [0, 0.05) is 24.8 Å². The first-order valence-corrected chi connectivity index (χ1v) is 12.7. The summed E-state index contributed by atoms with van der Waals surface area (Å²) in [6.45, 7) is 7.35. The number of hydrogen-bond acceptors (Lipinski definition) is 8. The molecule has 4 rings (SSSR count). The van der Waals surface area contributed by atoms with Gasteiger partial charge < -0.3 is 13.7 Å². The predicted octanol–water partition coefficient (Wildman–Crippen LogP) is 3.97. The molecule has 0 bridgehead atoms. The number of anilines is 1. The summed E-state index contributed by atoms with van der Waals surface area (Å²) < 4.78 is 41.2. The molecule has 1 fully saturated rings. The van der Waals surface area contributed by atoms with Crippen molar-refractivity contribution in [1.29, 1.82) is 0 Å². The van der Waals surface area contributed by atoms with Crippen LogP contribution in [0.15, 0.2) is 51.5 Å². The van der Waals surface area contributed by atoms with Crippen molar-refractivity contribution in [3.8, 4) is 11.5 Å². The van der Waals surface area contributed by atoms with Gasteiger partial charge in [0.2, 0.25) is 17.7 Å². The zero-order chi connectivity index (χ0) is 24.6. The molecule has 1 amide bonds. The maximum absolute atomic E-state index is 13.1. The molecular formula is C24H29N3O6S. The van der Waals surface area contributed by atoms with Crippen LogP contribution in [-0.2, 0) is 24.8 Å². The average molecular weight is 488 g/mol. The van der Waals surface area contributed by atoms with E-state index in [0.717, 1.165) is 5.56 Å². The van der Waals surface area contributed by atoms with E-state index in [4.69, 9.17) is 13.7 Å². The van der Waals surface area contributed by atoms with Gasteiger partial charge in [-0.15, -0.1) is 0 Å². The number of nitrogens with zero attached hydrogens (tertiary/aromatic N) is 2. The van der Waals surface area contributed by atoms with E-state index in [1.54, 1.807) is 12.3 Å². The Kier molecular flexibility index (Phi) is 6.39. The molecule has 182 valence electrons. The Morgan fingerprint density at radius 1 is 1.09 bits per heavy atom. The maximum Gasteiger partial charge on any atom is 0.247 e. The Morgan fingerprint density at radius 3 is 2.44 bits per heavy atom. The number of carbonyl (C=O) groups excluding carboxylic acids is 1. The quantitative estimate of drug-likeness (QED) is 0.531. The molecule has 9 nitrogen and oxygen atoms in total. The molecule has 1 aromatic carbocycles. The largest absolute Gasteiger partial charge is 0.440 e. The van der Waals surface area contributed by atoms with Gasteiger partial charge in [-0.2, -0.15) is 0 Å². The average Bonchev–Trinajstić information content (AvgIpc) is 3.51. The summed E-state index contributed by atoms with van der Waals surface area (Å²) in [6, 6.07) is 11.1. The van der Waals surface area contributed by atoms with E-state index in [9.17, 15) is 13.2 Å². The lowest BCUT2D eigenvalue weighted by atomic mass is 9.87. The minimum absolute atomic E-state index is 0.0612. The fourth-order valence-electron chi connectivity index (χ4n) is 3.83. The van der Waals surface area contributed by atoms with Gasteiger partial charge in [0.05, 0.1) is 22.6 Å². The van der Waals surface area contributed by atoms with Gasteiger partial charge in [0.1, 0.15) is 10.5 Å². The summed E-state index contributed by atoms with van der Waals surface area (Å²) in [7, 11) is -3.75. The van der Waals surface area contributed by atoms with Crippen molar-refractivity contribution in [3.63, 3.8) is 0 Å². The number of aromatic nitrogens is 2. The first-order valence-electron chi connectivity index (χ1n) is 11.1. The first kappa shape index (κ1) is 24.2. The van der Waals surface area contributed by atoms with E-state index in [1.807, 2.05) is 44.2 Å². The summed E-state index contributed by atoms with van der Waals surface area (Å²) in [5, 5.41) is 6.05. The summed E-state index contributed by atoms with van der Waals surface area (Å²) in [4.78, 5) is 17.3. The Balaban J connectivity index is 1.50. The Hall–Kier alpha value is -2.98. The van der Waals surface area contributed by atoms with Crippen LogP contribution < -0.4 is 5.32 Å². The molecule has 10 heteroatoms. The number of carbonyl (C=O) groups is 1. The van der Waals surface area contributed by atoms with Crippen molar-refractivity contribution in [2.24, 2.45) is 0 Å². The van der Waals surface area contributed by atoms with Crippen LogP contribution in [0.3, 0.4) is 0 Å². The Labute approximate surface area is 198 Å². The van der Waals surface area contributed by atoms with Crippen LogP contribution in [0.5, 0.6) is 0 Å². The van der Waals surface area contributed by atoms with Crippen LogP contribution in [0.25, 0.3) is 11.5 Å². The fourth-order valence-corrected chi connectivity index (χ4v) is 5.78. The van der Waals surface area contributed by atoms with E-state index in [2.05, 4.69) is 15.5 Å². The van der Waals surface area contributed by atoms with Crippen LogP contribution in [0.4, 0.5) is 5.88 Å². The molecule has 0 radical (unpaired) electrons. The highest BCUT2D eigenvalue weighted by Gasteiger charge is 2.47. The molecule has 0 saturated carbocycles. The van der Waals surface area contributed by atoms with E-state index in [0.29, 0.717) is 43.4 Å². The van der Waals surface area contributed by atoms with E-state index in [-0.39, 0.29) is 5.88 Å². The van der Waals surface area contributed by atoms with E-state index >= 15 is 0 Å². The van der Waals surface area contributed by atoms with Gasteiger partial charge in [-0.25, -0.2) is 13.4 Å². The third-order valence-electron chi connectivity index (χ3n) is 6.39. The summed E-state index contributed by atoms with van der Waals surface area (Å²) in [5.74, 6) is 0.442. The van der Waals surface area contributed by atoms with Crippen molar-refractivity contribution in [2.45, 2.75) is 55.9 Å². The summed E-state index contributed by atoms with van der Waals surface area (Å²) >= 11 is 0. The third kappa shape index (κ3) is 4.39. The van der Waals surface area contributed by atoms with Crippen molar-refractivity contribution < 1.29 is 26.9 Å². The number of nitrogens with one attached hydrogen (secondary N) is 1. The molecule has 3 aromatic rings. The van der Waals surface area contributed by atoms with Crippen molar-refractivity contribution in [1.82, 2.24) is 10.1 Å². The smallest absolute Gasteiger partial charge is 0.247 e. The monoisotopic (exact) mass is 487 g/mol. The maximum atomic E-state index is 13.1. The van der Waals surface area contributed by atoms with Crippen LogP contribution in [0.2, 0.25) is 0 Å². The molecule has 0 spiro atoms. The molecular weight excluding hydrogens is 458 g/mol. The van der Waals surface area contributed by atoms with Crippen molar-refractivity contribution >= 4 is 21.6 Å². The van der Waals surface area contributed by atoms with Crippen LogP contribution in [-0.4, -0.2) is 47.7 Å². The second kappa shape index (κ2) is 8.99. The molecule has 1 aliphatic heterocycles. The first-order chi connectivity index (χ1) is 16.0. The van der Waals surface area contributed by atoms with Gasteiger partial charge >= 0.3 is 0 Å². The topological polar surface area (TPSA) is 125 Å². The highest BCUT2D eigenvalue weighted by molar-refractivity contribution is 7.94. The Bertz CT molecular complexity index is 1250. The minimum Gasteiger partial charge on any atom is -0.440 e. The van der Waals surface area contributed by atoms with Crippen LogP contribution >= 0.6 is 0 Å². The normalized spacial score (nSPS) is 15.9. The van der Waals surface area contributed by atoms with Gasteiger partial charge in [0.15, 0.2) is 9.84 Å². The number of hydrogen-bond donors (Lipinski definition) is 1. The number of oxazole rings is 1. The number of rotatable bonds is 7. The third-order valence-corrected chi connectivity index (χ3v) is 9.35. The van der Waals surface area contributed by atoms with Gasteiger partial charge in [-0.05, 0) is 52.7 Å². The lowest BCUT2D eigenvalue weighted by molar-refractivity contribution is -0.118. The molecule has 0 atom stereocenters. The highest BCUT2D eigenvalue weighted by Crippen LogP contribution is 2.35. The standard InChI is InChI=1S/C24H29N3O6S/c1-23(2,19-15-25-21(32-19)16-8-6-5-7-9-16)18-14-20(33-27-18)26-22(28)24(3,4)34(29,30)17-10-12-31-13-11-17/h5-9,14-15,17H,10-13H2,1-4H3,(H,26,28). The summed E-state index contributed by atoms with van der Waals surface area (Å²) in [6.07, 6.45) is 2.39. The molecule has 1 N–H and O–H groups in total. The van der Waals surface area contributed by atoms with E-state index < -0.39 is 31.2 Å². The lowest BCUT2D eigenvalue weighted by Crippen LogP contribution is -2.50.